The van der Waals surface area contributed by atoms with Crippen molar-refractivity contribution in [2.24, 2.45) is 9.98 Å². The maximum atomic E-state index is 13.4. The van der Waals surface area contributed by atoms with Gasteiger partial charge in [0.25, 0.3) is 5.91 Å². The summed E-state index contributed by atoms with van der Waals surface area (Å²) in [7, 11) is 1.28. The number of benzene rings is 2. The number of hydrogen-bond donors (Lipinski definition) is 3. The number of amidine groups is 1. The molecule has 4 rings (SSSR count). The molecule has 0 aliphatic carbocycles. The zero-order valence-corrected chi connectivity index (χ0v) is 22.2. The number of nitrogens with zero attached hydrogens (tertiary/aromatic N) is 3. The number of halogens is 1. The van der Waals surface area contributed by atoms with E-state index in [0.717, 1.165) is 22.6 Å². The van der Waals surface area contributed by atoms with E-state index in [9.17, 15) is 9.59 Å². The number of carbonyl (C=O) groups is 2. The lowest BCUT2D eigenvalue weighted by molar-refractivity contribution is -0.113. The largest absolute Gasteiger partial charge is 0.465 e. The van der Waals surface area contributed by atoms with Crippen LogP contribution in [0.3, 0.4) is 0 Å². The number of ether oxygens (including phenoxy) is 1. The summed E-state index contributed by atoms with van der Waals surface area (Å²) in [6, 6.07) is 14.4. The molecule has 1 atom stereocenters. The highest BCUT2D eigenvalue weighted by atomic mass is 35.5. The minimum absolute atomic E-state index is 0.259. The Labute approximate surface area is 223 Å². The summed E-state index contributed by atoms with van der Waals surface area (Å²) in [4.78, 5) is 38.9. The highest BCUT2D eigenvalue weighted by molar-refractivity contribution is 7.17. The van der Waals surface area contributed by atoms with Gasteiger partial charge in [0.05, 0.1) is 18.9 Å². The van der Waals surface area contributed by atoms with E-state index in [1.165, 1.54) is 13.3 Å². The molecule has 1 aromatic heterocycles. The van der Waals surface area contributed by atoms with Crippen LogP contribution in [0.15, 0.2) is 76.0 Å². The quantitative estimate of drug-likeness (QED) is 0.230. The number of allylic oxidation sites excluding steroid dienone is 1. The molecule has 0 radical (unpaired) electrons. The number of methoxy groups -OCH3 is 1. The minimum Gasteiger partial charge on any atom is -0.465 e. The number of guanidine groups is 1. The molecule has 0 saturated carbocycles. The van der Waals surface area contributed by atoms with Crippen molar-refractivity contribution in [3.8, 4) is 0 Å². The average Bonchev–Trinajstić information content (AvgIpc) is 3.33. The standard InChI is InChI=1S/C26H25ClN6O3S/c1-14-9-5-8-12-19(14)30-16(3)31-25-29-15(2)21(22(32-25)17-10-6-7-11-18(17)27)23(34)33-26-28-13-20(37-26)24(35)36-4/h5-13,22H,1-4H3,(H,28,33,34)(H2,29,30,31,32). The van der Waals surface area contributed by atoms with E-state index in [0.29, 0.717) is 33.7 Å². The van der Waals surface area contributed by atoms with Gasteiger partial charge in [-0.05, 0) is 38.5 Å². The van der Waals surface area contributed by atoms with Crippen molar-refractivity contribution in [2.45, 2.75) is 26.8 Å². The fraction of sp³-hybridized carbons (Fsp3) is 0.192. The van der Waals surface area contributed by atoms with E-state index in [1.54, 1.807) is 13.0 Å². The summed E-state index contributed by atoms with van der Waals surface area (Å²) in [5, 5.41) is 9.89. The number of nitrogens with one attached hydrogen (secondary N) is 3. The Bertz CT molecular complexity index is 1450. The van der Waals surface area contributed by atoms with Crippen LogP contribution in [0.2, 0.25) is 5.02 Å². The van der Waals surface area contributed by atoms with Crippen LogP contribution in [0.25, 0.3) is 0 Å². The second-order valence-corrected chi connectivity index (χ2v) is 9.59. The first-order chi connectivity index (χ1) is 17.8. The first-order valence-electron chi connectivity index (χ1n) is 11.3. The zero-order valence-electron chi connectivity index (χ0n) is 20.6. The Morgan fingerprint density at radius 3 is 2.57 bits per heavy atom. The molecule has 3 aromatic rings. The van der Waals surface area contributed by atoms with Crippen molar-refractivity contribution in [2.75, 3.05) is 17.7 Å². The third-order valence-electron chi connectivity index (χ3n) is 5.52. The van der Waals surface area contributed by atoms with Crippen LogP contribution in [0, 0.1) is 6.92 Å². The number of hydrogen-bond acceptors (Lipinski definition) is 8. The van der Waals surface area contributed by atoms with Crippen LogP contribution in [-0.4, -0.2) is 35.8 Å². The molecule has 1 unspecified atom stereocenters. The van der Waals surface area contributed by atoms with Crippen LogP contribution < -0.4 is 16.0 Å². The summed E-state index contributed by atoms with van der Waals surface area (Å²) in [6.45, 7) is 5.62. The lowest BCUT2D eigenvalue weighted by atomic mass is 9.95. The van der Waals surface area contributed by atoms with Gasteiger partial charge < -0.3 is 15.4 Å². The molecule has 0 saturated heterocycles. The van der Waals surface area contributed by atoms with E-state index >= 15 is 0 Å². The molecule has 9 nitrogen and oxygen atoms in total. The highest BCUT2D eigenvalue weighted by Crippen LogP contribution is 2.35. The number of aryl methyl sites for hydroxylation is 1. The van der Waals surface area contributed by atoms with Crippen LogP contribution >= 0.6 is 22.9 Å². The van der Waals surface area contributed by atoms with Gasteiger partial charge in [-0.3, -0.25) is 10.1 Å². The molecular formula is C26H25ClN6O3S. The molecule has 3 N–H and O–H groups in total. The van der Waals surface area contributed by atoms with Crippen LogP contribution in [-0.2, 0) is 9.53 Å². The smallest absolute Gasteiger partial charge is 0.349 e. The maximum absolute atomic E-state index is 13.4. The van der Waals surface area contributed by atoms with Crippen molar-refractivity contribution >= 4 is 57.4 Å². The molecule has 1 aliphatic rings. The highest BCUT2D eigenvalue weighted by Gasteiger charge is 2.31. The Morgan fingerprint density at radius 1 is 1.11 bits per heavy atom. The number of anilines is 2. The van der Waals surface area contributed by atoms with E-state index in [-0.39, 0.29) is 10.0 Å². The molecule has 2 heterocycles. The molecular weight excluding hydrogens is 512 g/mol. The second-order valence-electron chi connectivity index (χ2n) is 8.15. The number of rotatable bonds is 5. The number of para-hydroxylation sites is 1. The molecule has 1 amide bonds. The fourth-order valence-electron chi connectivity index (χ4n) is 3.72. The molecule has 0 bridgehead atoms. The van der Waals surface area contributed by atoms with Crippen LogP contribution in [0.5, 0.6) is 0 Å². The average molecular weight is 537 g/mol. The maximum Gasteiger partial charge on any atom is 0.349 e. The molecule has 2 aromatic carbocycles. The van der Waals surface area contributed by atoms with Gasteiger partial charge in [0, 0.05) is 22.0 Å². The Balaban J connectivity index is 1.65. The first-order valence-corrected chi connectivity index (χ1v) is 12.5. The molecule has 0 fully saturated rings. The van der Waals surface area contributed by atoms with E-state index in [4.69, 9.17) is 21.3 Å². The molecule has 11 heteroatoms. The number of amides is 1. The SMILES string of the molecule is COC(=O)c1cnc(NC(=O)C2=C(C)NC(/N=C(/C)Nc3ccccc3C)=NC2c2ccccc2Cl)s1. The Hall–Kier alpha value is -4.02. The van der Waals surface area contributed by atoms with Crippen molar-refractivity contribution in [1.29, 1.82) is 0 Å². The van der Waals surface area contributed by atoms with Gasteiger partial charge in [-0.2, -0.15) is 0 Å². The summed E-state index contributed by atoms with van der Waals surface area (Å²) >= 11 is 7.53. The van der Waals surface area contributed by atoms with Gasteiger partial charge in [0.15, 0.2) is 5.13 Å². The van der Waals surface area contributed by atoms with E-state index < -0.39 is 17.9 Å². The third kappa shape index (κ3) is 6.04. The van der Waals surface area contributed by atoms with E-state index in [1.807, 2.05) is 56.3 Å². The van der Waals surface area contributed by atoms with Crippen molar-refractivity contribution in [3.05, 3.63) is 87.0 Å². The topological polar surface area (TPSA) is 117 Å². The Morgan fingerprint density at radius 2 is 1.84 bits per heavy atom. The molecule has 190 valence electrons. The van der Waals surface area contributed by atoms with Crippen molar-refractivity contribution < 1.29 is 14.3 Å². The van der Waals surface area contributed by atoms with Gasteiger partial charge in [0.1, 0.15) is 16.8 Å². The lowest BCUT2D eigenvalue weighted by Crippen LogP contribution is -2.33. The minimum atomic E-state index is -0.722. The van der Waals surface area contributed by atoms with Crippen LogP contribution in [0.4, 0.5) is 10.8 Å². The number of carbonyl (C=O) groups excluding carboxylic acids is 2. The molecule has 1 aliphatic heterocycles. The summed E-state index contributed by atoms with van der Waals surface area (Å²) in [5.74, 6) is 0.00254. The predicted molar refractivity (Wildman–Crippen MR) is 147 cm³/mol. The normalized spacial score (nSPS) is 15.5. The number of thiazole rings is 1. The van der Waals surface area contributed by atoms with Gasteiger partial charge in [-0.25, -0.2) is 19.8 Å². The third-order valence-corrected chi connectivity index (χ3v) is 6.76. The van der Waals surface area contributed by atoms with Crippen LogP contribution in [0.1, 0.15) is 40.7 Å². The second kappa shape index (κ2) is 11.4. The van der Waals surface area contributed by atoms with Crippen molar-refractivity contribution in [1.82, 2.24) is 10.3 Å². The van der Waals surface area contributed by atoms with Gasteiger partial charge in [-0.15, -0.1) is 0 Å². The van der Waals surface area contributed by atoms with Crippen molar-refractivity contribution in [3.63, 3.8) is 0 Å². The van der Waals surface area contributed by atoms with E-state index in [2.05, 4.69) is 25.9 Å². The van der Waals surface area contributed by atoms with Gasteiger partial charge >= 0.3 is 5.97 Å². The van der Waals surface area contributed by atoms with Gasteiger partial charge in [0.2, 0.25) is 5.96 Å². The number of esters is 1. The fourth-order valence-corrected chi connectivity index (χ4v) is 4.69. The van der Waals surface area contributed by atoms with Gasteiger partial charge in [-0.1, -0.05) is 59.3 Å². The summed E-state index contributed by atoms with van der Waals surface area (Å²) in [6.07, 6.45) is 1.35. The Kier molecular flexibility index (Phi) is 8.00. The first kappa shape index (κ1) is 26.1. The monoisotopic (exact) mass is 536 g/mol. The predicted octanol–water partition coefficient (Wildman–Crippen LogP) is 5.34. The zero-order chi connectivity index (χ0) is 26.5. The molecule has 37 heavy (non-hydrogen) atoms. The lowest BCUT2D eigenvalue weighted by Gasteiger charge is -2.25. The molecule has 0 spiro atoms. The summed E-state index contributed by atoms with van der Waals surface area (Å²) < 4.78 is 4.71. The number of aromatic nitrogens is 1. The number of aliphatic imine (C=N–C) groups is 2. The summed E-state index contributed by atoms with van der Waals surface area (Å²) in [5.41, 5.74) is 3.58.